The molecule has 0 saturated heterocycles. The van der Waals surface area contributed by atoms with Gasteiger partial charge in [0.2, 0.25) is 5.95 Å². The van der Waals surface area contributed by atoms with Crippen molar-refractivity contribution in [1.29, 1.82) is 0 Å². The van der Waals surface area contributed by atoms with Crippen LogP contribution in [0.3, 0.4) is 0 Å². The smallest absolute Gasteiger partial charge is 0.340 e. The summed E-state index contributed by atoms with van der Waals surface area (Å²) in [5, 5.41) is 6.16. The number of aromatic nitrogens is 2. The Kier molecular flexibility index (Phi) is 4.79. The first-order valence-electron chi connectivity index (χ1n) is 7.93. The van der Waals surface area contributed by atoms with E-state index in [1.165, 1.54) is 12.1 Å². The molecule has 2 aromatic carbocycles. The van der Waals surface area contributed by atoms with E-state index in [9.17, 15) is 13.2 Å². The Labute approximate surface area is 149 Å². The number of aryl methyl sites for hydroxylation is 2. The average Bonchev–Trinajstić information content (AvgIpc) is 2.58. The quantitative estimate of drug-likeness (QED) is 0.637. The molecule has 0 aliphatic carbocycles. The van der Waals surface area contributed by atoms with Gasteiger partial charge in [0.1, 0.15) is 5.82 Å². The van der Waals surface area contributed by atoms with Gasteiger partial charge in [-0.25, -0.2) is 4.98 Å². The molecule has 0 spiro atoms. The first kappa shape index (κ1) is 17.7. The fourth-order valence-corrected chi connectivity index (χ4v) is 2.50. The van der Waals surface area contributed by atoms with Crippen molar-refractivity contribution >= 4 is 23.1 Å². The molecule has 0 fully saturated rings. The van der Waals surface area contributed by atoms with E-state index in [1.54, 1.807) is 12.3 Å². The van der Waals surface area contributed by atoms with Gasteiger partial charge in [-0.1, -0.05) is 18.2 Å². The van der Waals surface area contributed by atoms with Crippen LogP contribution in [0.1, 0.15) is 16.7 Å². The first-order chi connectivity index (χ1) is 12.3. The summed E-state index contributed by atoms with van der Waals surface area (Å²) in [6.45, 7) is 4.00. The minimum atomic E-state index is -4.36. The predicted octanol–water partition coefficient (Wildman–Crippen LogP) is 5.60. The SMILES string of the molecule is Cc1cccc(C)c1Nc1ccnc(Nc2ccc(C(F)(F)F)cc2)n1. The van der Waals surface area contributed by atoms with Crippen molar-refractivity contribution in [3.8, 4) is 0 Å². The molecule has 0 aliphatic rings. The second kappa shape index (κ2) is 7.03. The Morgan fingerprint density at radius 3 is 2.12 bits per heavy atom. The molecule has 26 heavy (non-hydrogen) atoms. The molecular weight excluding hydrogens is 341 g/mol. The molecule has 3 aromatic rings. The third-order valence-electron chi connectivity index (χ3n) is 3.86. The first-order valence-corrected chi connectivity index (χ1v) is 7.93. The number of halogens is 3. The Bertz CT molecular complexity index is 885. The van der Waals surface area contributed by atoms with Crippen LogP contribution in [-0.4, -0.2) is 9.97 Å². The number of alkyl halides is 3. The third kappa shape index (κ3) is 4.11. The van der Waals surface area contributed by atoms with Crippen LogP contribution in [-0.2, 0) is 6.18 Å². The van der Waals surface area contributed by atoms with Crippen molar-refractivity contribution in [3.63, 3.8) is 0 Å². The average molecular weight is 358 g/mol. The minimum Gasteiger partial charge on any atom is -0.340 e. The van der Waals surface area contributed by atoms with Gasteiger partial charge >= 0.3 is 6.18 Å². The molecule has 1 aromatic heterocycles. The number of hydrogen-bond acceptors (Lipinski definition) is 4. The summed E-state index contributed by atoms with van der Waals surface area (Å²) in [4.78, 5) is 8.47. The molecule has 0 unspecified atom stereocenters. The van der Waals surface area contributed by atoms with E-state index in [4.69, 9.17) is 0 Å². The van der Waals surface area contributed by atoms with E-state index in [1.807, 2.05) is 32.0 Å². The van der Waals surface area contributed by atoms with E-state index in [-0.39, 0.29) is 0 Å². The van der Waals surface area contributed by atoms with Crippen LogP contribution in [0.4, 0.5) is 36.3 Å². The van der Waals surface area contributed by atoms with Crippen LogP contribution in [0.15, 0.2) is 54.7 Å². The topological polar surface area (TPSA) is 49.8 Å². The highest BCUT2D eigenvalue weighted by atomic mass is 19.4. The summed E-state index contributed by atoms with van der Waals surface area (Å²) < 4.78 is 37.9. The molecule has 0 atom stereocenters. The van der Waals surface area contributed by atoms with Crippen LogP contribution < -0.4 is 10.6 Å². The van der Waals surface area contributed by atoms with Crippen LogP contribution >= 0.6 is 0 Å². The fourth-order valence-electron chi connectivity index (χ4n) is 2.50. The second-order valence-electron chi connectivity index (χ2n) is 5.86. The minimum absolute atomic E-state index is 0.293. The Hall–Kier alpha value is -3.09. The molecule has 1 heterocycles. The van der Waals surface area contributed by atoms with Crippen LogP contribution in [0, 0.1) is 13.8 Å². The molecule has 0 bridgehead atoms. The molecule has 2 N–H and O–H groups in total. The third-order valence-corrected chi connectivity index (χ3v) is 3.86. The number of para-hydroxylation sites is 1. The van der Waals surface area contributed by atoms with Gasteiger partial charge in [0.25, 0.3) is 0 Å². The van der Waals surface area contributed by atoms with E-state index < -0.39 is 11.7 Å². The number of benzene rings is 2. The number of anilines is 4. The summed E-state index contributed by atoms with van der Waals surface area (Å²) in [7, 11) is 0. The zero-order chi connectivity index (χ0) is 18.7. The highest BCUT2D eigenvalue weighted by Crippen LogP contribution is 2.30. The lowest BCUT2D eigenvalue weighted by Crippen LogP contribution is -2.05. The van der Waals surface area contributed by atoms with Gasteiger partial charge in [-0.05, 0) is 55.3 Å². The summed E-state index contributed by atoms with van der Waals surface area (Å²) in [5.41, 5.74) is 2.91. The van der Waals surface area contributed by atoms with Gasteiger partial charge in [0, 0.05) is 17.6 Å². The van der Waals surface area contributed by atoms with Crippen LogP contribution in [0.2, 0.25) is 0 Å². The maximum Gasteiger partial charge on any atom is 0.416 e. The lowest BCUT2D eigenvalue weighted by Gasteiger charge is -2.13. The van der Waals surface area contributed by atoms with Gasteiger partial charge in [-0.2, -0.15) is 18.2 Å². The largest absolute Gasteiger partial charge is 0.416 e. The second-order valence-corrected chi connectivity index (χ2v) is 5.86. The van der Waals surface area contributed by atoms with E-state index >= 15 is 0 Å². The molecule has 3 rings (SSSR count). The highest BCUT2D eigenvalue weighted by Gasteiger charge is 2.29. The van der Waals surface area contributed by atoms with Crippen molar-refractivity contribution in [2.24, 2.45) is 0 Å². The Morgan fingerprint density at radius 2 is 1.50 bits per heavy atom. The normalized spacial score (nSPS) is 11.3. The predicted molar refractivity (Wildman–Crippen MR) is 96.0 cm³/mol. The summed E-state index contributed by atoms with van der Waals surface area (Å²) >= 11 is 0. The van der Waals surface area contributed by atoms with Crippen molar-refractivity contribution in [1.82, 2.24) is 9.97 Å². The summed E-state index contributed by atoms with van der Waals surface area (Å²) in [5.74, 6) is 0.882. The fraction of sp³-hybridized carbons (Fsp3) is 0.158. The molecule has 0 radical (unpaired) electrons. The molecule has 0 saturated carbocycles. The summed E-state index contributed by atoms with van der Waals surface area (Å²) in [6.07, 6.45) is -2.78. The van der Waals surface area contributed by atoms with Gasteiger partial charge in [-0.15, -0.1) is 0 Å². The van der Waals surface area contributed by atoms with Gasteiger partial charge in [0.15, 0.2) is 0 Å². The monoisotopic (exact) mass is 358 g/mol. The zero-order valence-electron chi connectivity index (χ0n) is 14.2. The number of rotatable bonds is 4. The maximum atomic E-state index is 12.6. The van der Waals surface area contributed by atoms with Gasteiger partial charge in [-0.3, -0.25) is 0 Å². The van der Waals surface area contributed by atoms with Crippen molar-refractivity contribution in [2.75, 3.05) is 10.6 Å². The summed E-state index contributed by atoms with van der Waals surface area (Å²) in [6, 6.07) is 12.4. The Balaban J connectivity index is 1.77. The van der Waals surface area contributed by atoms with Gasteiger partial charge < -0.3 is 10.6 Å². The lowest BCUT2D eigenvalue weighted by molar-refractivity contribution is -0.137. The lowest BCUT2D eigenvalue weighted by atomic mass is 10.1. The zero-order valence-corrected chi connectivity index (χ0v) is 14.2. The molecule has 134 valence electrons. The molecule has 7 heteroatoms. The van der Waals surface area contributed by atoms with E-state index in [0.717, 1.165) is 28.9 Å². The molecular formula is C19H17F3N4. The van der Waals surface area contributed by atoms with Crippen LogP contribution in [0.25, 0.3) is 0 Å². The van der Waals surface area contributed by atoms with Crippen molar-refractivity contribution < 1.29 is 13.2 Å². The van der Waals surface area contributed by atoms with E-state index in [2.05, 4.69) is 20.6 Å². The van der Waals surface area contributed by atoms with Crippen LogP contribution in [0.5, 0.6) is 0 Å². The molecule has 4 nitrogen and oxygen atoms in total. The number of nitrogens with zero attached hydrogens (tertiary/aromatic N) is 2. The standard InChI is InChI=1S/C19H17F3N4/c1-12-4-3-5-13(2)17(12)25-16-10-11-23-18(26-16)24-15-8-6-14(7-9-15)19(20,21)22/h3-11H,1-2H3,(H2,23,24,25,26). The van der Waals surface area contributed by atoms with Crippen molar-refractivity contribution in [3.05, 3.63) is 71.4 Å². The number of hydrogen-bond donors (Lipinski definition) is 2. The van der Waals surface area contributed by atoms with Gasteiger partial charge in [0.05, 0.1) is 5.56 Å². The highest BCUT2D eigenvalue weighted by molar-refractivity contribution is 5.65. The molecule has 0 amide bonds. The van der Waals surface area contributed by atoms with E-state index in [0.29, 0.717) is 17.5 Å². The van der Waals surface area contributed by atoms with Crippen molar-refractivity contribution in [2.45, 2.75) is 20.0 Å². The number of nitrogens with one attached hydrogen (secondary N) is 2. The Morgan fingerprint density at radius 1 is 0.846 bits per heavy atom. The molecule has 0 aliphatic heterocycles. The maximum absolute atomic E-state index is 12.6.